The van der Waals surface area contributed by atoms with E-state index >= 15 is 0 Å². The lowest BCUT2D eigenvalue weighted by Gasteiger charge is -2.28. The molecule has 0 saturated heterocycles. The molecule has 1 N–H and O–H groups in total. The molecular formula is C16H18F6O. The number of benzene rings is 1. The third-order valence-electron chi connectivity index (χ3n) is 4.23. The Morgan fingerprint density at radius 2 is 1.52 bits per heavy atom. The smallest absolute Gasteiger partial charge is 0.398 e. The Kier molecular flexibility index (Phi) is 3.94. The van der Waals surface area contributed by atoms with Crippen LogP contribution in [0, 0.1) is 0 Å². The average Bonchev–Trinajstić information content (AvgIpc) is 3.04. The molecule has 130 valence electrons. The van der Waals surface area contributed by atoms with Crippen molar-refractivity contribution in [1.82, 2.24) is 0 Å². The van der Waals surface area contributed by atoms with Gasteiger partial charge in [0.05, 0.1) is 11.8 Å². The van der Waals surface area contributed by atoms with E-state index in [9.17, 15) is 31.4 Å². The van der Waals surface area contributed by atoms with Crippen LogP contribution in [0.15, 0.2) is 12.1 Å². The molecule has 2 rings (SSSR count). The Hall–Kier alpha value is -1.40. The Bertz CT molecular complexity index is 603. The van der Waals surface area contributed by atoms with Crippen LogP contribution in [-0.4, -0.2) is 17.5 Å². The minimum absolute atomic E-state index is 0.160. The second kappa shape index (κ2) is 5.05. The molecule has 0 spiro atoms. The van der Waals surface area contributed by atoms with Crippen LogP contribution in [0.3, 0.4) is 0 Å². The predicted octanol–water partition coefficient (Wildman–Crippen LogP) is 5.39. The van der Waals surface area contributed by atoms with E-state index < -0.39 is 35.4 Å². The van der Waals surface area contributed by atoms with Crippen LogP contribution in [0.4, 0.5) is 26.3 Å². The van der Waals surface area contributed by atoms with Gasteiger partial charge in [-0.1, -0.05) is 26.8 Å². The maximum Gasteiger partial charge on any atom is 0.398 e. The van der Waals surface area contributed by atoms with Crippen molar-refractivity contribution in [3.05, 3.63) is 28.8 Å². The van der Waals surface area contributed by atoms with Crippen molar-refractivity contribution in [1.29, 1.82) is 0 Å². The van der Waals surface area contributed by atoms with E-state index in [1.165, 1.54) is 0 Å². The van der Waals surface area contributed by atoms with Gasteiger partial charge >= 0.3 is 12.4 Å². The van der Waals surface area contributed by atoms with Gasteiger partial charge in [-0.3, -0.25) is 0 Å². The summed E-state index contributed by atoms with van der Waals surface area (Å²) in [5.41, 5.74) is -3.23. The van der Waals surface area contributed by atoms with Crippen LogP contribution >= 0.6 is 0 Å². The zero-order valence-corrected chi connectivity index (χ0v) is 13.0. The topological polar surface area (TPSA) is 20.2 Å². The van der Waals surface area contributed by atoms with E-state index in [4.69, 9.17) is 0 Å². The molecule has 0 heterocycles. The summed E-state index contributed by atoms with van der Waals surface area (Å²) in [5.74, 6) is -0.716. The van der Waals surface area contributed by atoms with Crippen LogP contribution in [-0.2, 0) is 17.3 Å². The highest BCUT2D eigenvalue weighted by Gasteiger charge is 2.65. The lowest BCUT2D eigenvalue weighted by Crippen LogP contribution is -2.30. The van der Waals surface area contributed by atoms with Crippen molar-refractivity contribution in [3.8, 4) is 5.75 Å². The summed E-state index contributed by atoms with van der Waals surface area (Å²) >= 11 is 0. The predicted molar refractivity (Wildman–Crippen MR) is 73.5 cm³/mol. The molecule has 1 fully saturated rings. The number of hydrogen-bond acceptors (Lipinski definition) is 1. The van der Waals surface area contributed by atoms with Crippen molar-refractivity contribution in [3.63, 3.8) is 0 Å². The van der Waals surface area contributed by atoms with Gasteiger partial charge in [0.2, 0.25) is 0 Å². The standard InChI is InChI=1S/C16H18F6O/c1-13(2,3)10-7-11(14(4-5-14)16(20,21)22)12(23)6-9(10)8-15(17,18)19/h6-7,23H,4-5,8H2,1-3H3. The molecule has 0 bridgehead atoms. The summed E-state index contributed by atoms with van der Waals surface area (Å²) in [5, 5.41) is 9.95. The van der Waals surface area contributed by atoms with Crippen molar-refractivity contribution in [2.75, 3.05) is 0 Å². The first kappa shape index (κ1) is 17.9. The zero-order valence-electron chi connectivity index (χ0n) is 13.0. The first-order valence-electron chi connectivity index (χ1n) is 7.18. The van der Waals surface area contributed by atoms with E-state index in [2.05, 4.69) is 0 Å². The van der Waals surface area contributed by atoms with Gasteiger partial charge in [-0.15, -0.1) is 0 Å². The van der Waals surface area contributed by atoms with Gasteiger partial charge in [-0.05, 0) is 35.4 Å². The van der Waals surface area contributed by atoms with Gasteiger partial charge in [-0.2, -0.15) is 26.3 Å². The van der Waals surface area contributed by atoms with Crippen molar-refractivity contribution < 1.29 is 31.4 Å². The van der Waals surface area contributed by atoms with Crippen LogP contribution < -0.4 is 0 Å². The Balaban J connectivity index is 2.61. The van der Waals surface area contributed by atoms with Gasteiger partial charge in [0.1, 0.15) is 5.75 Å². The van der Waals surface area contributed by atoms with E-state index in [1.807, 2.05) is 0 Å². The number of phenols is 1. The normalized spacial score (nSPS) is 18.1. The van der Waals surface area contributed by atoms with Gasteiger partial charge < -0.3 is 5.11 Å². The van der Waals surface area contributed by atoms with Crippen LogP contribution in [0.2, 0.25) is 0 Å². The van der Waals surface area contributed by atoms with Crippen LogP contribution in [0.5, 0.6) is 5.75 Å². The molecule has 0 aromatic heterocycles. The molecule has 0 radical (unpaired) electrons. The number of aromatic hydroxyl groups is 1. The fourth-order valence-electron chi connectivity index (χ4n) is 2.91. The van der Waals surface area contributed by atoms with Gasteiger partial charge in [0.25, 0.3) is 0 Å². The molecule has 1 aliphatic carbocycles. The summed E-state index contributed by atoms with van der Waals surface area (Å²) in [4.78, 5) is 0. The number of alkyl halides is 6. The molecule has 0 amide bonds. The fraction of sp³-hybridized carbons (Fsp3) is 0.625. The van der Waals surface area contributed by atoms with E-state index in [-0.39, 0.29) is 29.5 Å². The summed E-state index contributed by atoms with van der Waals surface area (Å²) in [6, 6.07) is 1.95. The number of rotatable bonds is 2. The first-order valence-corrected chi connectivity index (χ1v) is 7.18. The second-order valence-corrected chi connectivity index (χ2v) is 7.15. The number of halogens is 6. The molecular weight excluding hydrogens is 322 g/mol. The number of hydrogen-bond donors (Lipinski definition) is 1. The maximum atomic E-state index is 13.3. The molecule has 1 aromatic rings. The molecule has 0 unspecified atom stereocenters. The SMILES string of the molecule is CC(C)(C)c1cc(C2(C(F)(F)F)CC2)c(O)cc1CC(F)(F)F. The fourth-order valence-corrected chi connectivity index (χ4v) is 2.91. The summed E-state index contributed by atoms with van der Waals surface area (Å²) in [6.45, 7) is 4.91. The highest BCUT2D eigenvalue weighted by molar-refractivity contribution is 5.51. The molecule has 7 heteroatoms. The van der Waals surface area contributed by atoms with Gasteiger partial charge in [-0.25, -0.2) is 0 Å². The first-order chi connectivity index (χ1) is 10.2. The molecule has 1 saturated carbocycles. The van der Waals surface area contributed by atoms with Crippen LogP contribution in [0.1, 0.15) is 50.3 Å². The molecule has 1 aromatic carbocycles. The third kappa shape index (κ3) is 3.43. The Morgan fingerprint density at radius 1 is 1.00 bits per heavy atom. The monoisotopic (exact) mass is 340 g/mol. The van der Waals surface area contributed by atoms with Crippen molar-refractivity contribution in [2.24, 2.45) is 0 Å². The van der Waals surface area contributed by atoms with Crippen LogP contribution in [0.25, 0.3) is 0 Å². The van der Waals surface area contributed by atoms with E-state index in [0.29, 0.717) is 0 Å². The van der Waals surface area contributed by atoms with E-state index in [0.717, 1.165) is 12.1 Å². The zero-order chi connectivity index (χ0) is 17.8. The molecule has 1 nitrogen and oxygen atoms in total. The highest BCUT2D eigenvalue weighted by Crippen LogP contribution is 2.61. The van der Waals surface area contributed by atoms with Gasteiger partial charge in [0.15, 0.2) is 0 Å². The largest absolute Gasteiger partial charge is 0.508 e. The summed E-state index contributed by atoms with van der Waals surface area (Å²) < 4.78 is 78.0. The molecule has 0 aliphatic heterocycles. The maximum absolute atomic E-state index is 13.3. The second-order valence-electron chi connectivity index (χ2n) is 7.15. The van der Waals surface area contributed by atoms with Gasteiger partial charge in [0, 0.05) is 5.56 Å². The average molecular weight is 340 g/mol. The Morgan fingerprint density at radius 3 is 1.87 bits per heavy atom. The van der Waals surface area contributed by atoms with E-state index in [1.54, 1.807) is 20.8 Å². The minimum atomic E-state index is -4.54. The van der Waals surface area contributed by atoms with Crippen molar-refractivity contribution in [2.45, 2.75) is 63.2 Å². The van der Waals surface area contributed by atoms with Crippen molar-refractivity contribution >= 4 is 0 Å². The Labute approximate surface area is 130 Å². The molecule has 1 aliphatic rings. The third-order valence-corrected chi connectivity index (χ3v) is 4.23. The lowest BCUT2D eigenvalue weighted by molar-refractivity contribution is -0.161. The summed E-state index contributed by atoms with van der Waals surface area (Å²) in [7, 11) is 0. The lowest BCUT2D eigenvalue weighted by atomic mass is 9.79. The highest BCUT2D eigenvalue weighted by atomic mass is 19.4. The molecule has 23 heavy (non-hydrogen) atoms. The minimum Gasteiger partial charge on any atom is -0.508 e. The molecule has 0 atom stereocenters. The summed E-state index contributed by atoms with van der Waals surface area (Å²) in [6.07, 6.45) is -10.6. The quantitative estimate of drug-likeness (QED) is 0.716. The number of phenolic OH excluding ortho intramolecular Hbond substituents is 1.